The lowest BCUT2D eigenvalue weighted by Crippen LogP contribution is -2.63. The molecule has 0 saturated carbocycles. The van der Waals surface area contributed by atoms with Crippen molar-refractivity contribution in [2.75, 3.05) is 25.1 Å². The van der Waals surface area contributed by atoms with Gasteiger partial charge in [-0.25, -0.2) is 4.79 Å². The van der Waals surface area contributed by atoms with Crippen molar-refractivity contribution < 1.29 is 83.4 Å². The highest BCUT2D eigenvalue weighted by Crippen LogP contribution is 2.16. The standard InChI is InChI=1S/C61H81N11O17S/c1-34(73)51(71-57(84)44(64-49(77)33-63)30-38-17-21-40(75)22-18-38)59(86)69-47(29-37-14-8-5-9-15-37)58(85)72-52(35(2)74)60(87)70-48(32-50(78)79)56(83)68-46(31-39-19-23-41(76)24-20-39)55(82)67-45(28-36-12-6-4-7-13-36)54(81)65-42(25-27-90-3)53(80)66-43(61(88)89)16-10-11-26-62/h4-9,12-15,17-24,34-35,42-48,51-52,73-76H,10-11,16,25-33,62-63H2,1-3H3,(H,64,77)(H,65,81)(H,66,80)(H,67,82)(H,68,83)(H,69,86)(H,70,87)(H,71,84)(H,72,85)(H,78,79)(H,88,89)/t34-,35-,42+,43+,44+,45+,46+,47+,48+,51+,52+/m1/s1. The van der Waals surface area contributed by atoms with E-state index in [-0.39, 0.29) is 50.0 Å². The van der Waals surface area contributed by atoms with Gasteiger partial charge in [-0.1, -0.05) is 84.9 Å². The normalized spacial score (nSPS) is 14.7. The number of unbranched alkanes of at least 4 members (excludes halogenated alkanes) is 1. The summed E-state index contributed by atoms with van der Waals surface area (Å²) in [7, 11) is 0. The maximum absolute atomic E-state index is 14.7. The summed E-state index contributed by atoms with van der Waals surface area (Å²) in [4.78, 5) is 151. The zero-order valence-electron chi connectivity index (χ0n) is 50.0. The number of thioether (sulfide) groups is 1. The van der Waals surface area contributed by atoms with E-state index in [0.717, 1.165) is 13.8 Å². The highest BCUT2D eigenvalue weighted by Gasteiger charge is 2.38. The quantitative estimate of drug-likeness (QED) is 0.0214. The third kappa shape index (κ3) is 25.1. The molecule has 0 fully saturated rings. The van der Waals surface area contributed by atoms with Crippen LogP contribution in [-0.2, 0) is 78.4 Å². The van der Waals surface area contributed by atoms with Crippen LogP contribution in [0.3, 0.4) is 0 Å². The molecule has 0 aromatic heterocycles. The minimum absolute atomic E-state index is 0.0394. The number of rotatable bonds is 38. The summed E-state index contributed by atoms with van der Waals surface area (Å²) in [5.41, 5.74) is 12.9. The van der Waals surface area contributed by atoms with Gasteiger partial charge in [0, 0.05) is 25.7 Å². The van der Waals surface area contributed by atoms with Crippen LogP contribution in [0.15, 0.2) is 109 Å². The summed E-state index contributed by atoms with van der Waals surface area (Å²) in [6.45, 7) is 2.02. The van der Waals surface area contributed by atoms with Gasteiger partial charge in [0.2, 0.25) is 53.2 Å². The third-order valence-corrected chi connectivity index (χ3v) is 14.6. The molecule has 19 N–H and O–H groups in total. The molecule has 0 heterocycles. The van der Waals surface area contributed by atoms with Crippen molar-refractivity contribution in [3.05, 3.63) is 131 Å². The van der Waals surface area contributed by atoms with E-state index >= 15 is 0 Å². The molecule has 0 saturated heterocycles. The SMILES string of the molecule is CSCC[C@H](NC(=O)[C@H](Cc1ccccc1)NC(=O)[C@H](Cc1ccc(O)cc1)NC(=O)[C@H](CC(=O)O)NC(=O)[C@@H](NC(=O)[C@H](Cc1ccccc1)NC(=O)[C@@H](NC(=O)[C@H](Cc1ccc(O)cc1)NC(=O)CN)[C@@H](C)O)[C@@H](C)O)C(=O)N[C@@H](CCCCN)C(=O)O. The molecule has 4 rings (SSSR count). The van der Waals surface area contributed by atoms with Crippen molar-refractivity contribution >= 4 is 76.9 Å². The van der Waals surface area contributed by atoms with Crippen LogP contribution < -0.4 is 59.3 Å². The third-order valence-electron chi connectivity index (χ3n) is 14.0. The first-order chi connectivity index (χ1) is 42.8. The first-order valence-corrected chi connectivity index (χ1v) is 30.3. The van der Waals surface area contributed by atoms with Gasteiger partial charge in [0.15, 0.2) is 0 Å². The smallest absolute Gasteiger partial charge is 0.326 e. The Morgan fingerprint density at radius 2 is 0.767 bits per heavy atom. The lowest BCUT2D eigenvalue weighted by molar-refractivity contribution is -0.143. The monoisotopic (exact) mass is 1270 g/mol. The number of carboxylic acids is 2. The number of phenols is 2. The van der Waals surface area contributed by atoms with Crippen LogP contribution in [0.1, 0.15) is 68.2 Å². The summed E-state index contributed by atoms with van der Waals surface area (Å²) >= 11 is 1.34. The van der Waals surface area contributed by atoms with Crippen LogP contribution in [-0.4, -0.2) is 187 Å². The zero-order chi connectivity index (χ0) is 66.5. The van der Waals surface area contributed by atoms with Crippen LogP contribution >= 0.6 is 11.8 Å². The topological polar surface area (TPSA) is 469 Å². The van der Waals surface area contributed by atoms with Gasteiger partial charge in [-0.05, 0) is 105 Å². The first-order valence-electron chi connectivity index (χ1n) is 28.9. The number of amides is 9. The number of aromatic hydroxyl groups is 2. The predicted molar refractivity (Wildman–Crippen MR) is 329 cm³/mol. The maximum atomic E-state index is 14.7. The molecule has 0 spiro atoms. The average molecular weight is 1270 g/mol. The van der Waals surface area contributed by atoms with Crippen molar-refractivity contribution in [1.29, 1.82) is 0 Å². The second kappa shape index (κ2) is 37.6. The molecule has 28 nitrogen and oxygen atoms in total. The van der Waals surface area contributed by atoms with Gasteiger partial charge >= 0.3 is 11.9 Å². The van der Waals surface area contributed by atoms with Crippen molar-refractivity contribution in [2.24, 2.45) is 11.5 Å². The highest BCUT2D eigenvalue weighted by atomic mass is 32.2. The molecule has 0 radical (unpaired) electrons. The van der Waals surface area contributed by atoms with Crippen LogP contribution in [0.4, 0.5) is 0 Å². The van der Waals surface area contributed by atoms with Gasteiger partial charge in [-0.3, -0.25) is 47.9 Å². The van der Waals surface area contributed by atoms with E-state index < -0.39 is 145 Å². The largest absolute Gasteiger partial charge is 0.508 e. The fourth-order valence-electron chi connectivity index (χ4n) is 9.09. The number of nitrogens with one attached hydrogen (secondary N) is 9. The molecule has 0 aliphatic heterocycles. The predicted octanol–water partition coefficient (Wildman–Crippen LogP) is -2.11. The van der Waals surface area contributed by atoms with Crippen molar-refractivity contribution in [2.45, 2.75) is 138 Å². The number of carbonyl (C=O) groups is 11. The van der Waals surface area contributed by atoms with Crippen LogP contribution in [0.25, 0.3) is 0 Å². The van der Waals surface area contributed by atoms with E-state index in [1.54, 1.807) is 66.9 Å². The number of carbonyl (C=O) groups excluding carboxylic acids is 9. The molecule has 9 amide bonds. The van der Waals surface area contributed by atoms with Crippen LogP contribution in [0, 0.1) is 0 Å². The molecular formula is C61H81N11O17S. The number of carboxylic acid groups (broad SMARTS) is 2. The molecule has 11 atom stereocenters. The average Bonchev–Trinajstić information content (AvgIpc) is 3.33. The first kappa shape index (κ1) is 73.3. The number of nitrogens with two attached hydrogens (primary N) is 2. The molecule has 0 unspecified atom stereocenters. The second-order valence-corrected chi connectivity index (χ2v) is 22.3. The van der Waals surface area contributed by atoms with E-state index in [0.29, 0.717) is 47.4 Å². The minimum atomic E-state index is -2.06. The van der Waals surface area contributed by atoms with Crippen molar-refractivity contribution in [3.8, 4) is 11.5 Å². The van der Waals surface area contributed by atoms with E-state index in [2.05, 4.69) is 47.9 Å². The summed E-state index contributed by atoms with van der Waals surface area (Å²) < 4.78 is 0. The Labute approximate surface area is 523 Å². The van der Waals surface area contributed by atoms with Gasteiger partial charge in [-0.15, -0.1) is 0 Å². The number of aliphatic hydroxyl groups is 2. The Balaban J connectivity index is 1.63. The Kier molecular flexibility index (Phi) is 30.7. The molecule has 488 valence electrons. The van der Waals surface area contributed by atoms with Gasteiger partial charge in [0.05, 0.1) is 25.2 Å². The lowest BCUT2D eigenvalue weighted by Gasteiger charge is -2.29. The zero-order valence-corrected chi connectivity index (χ0v) is 50.8. The Morgan fingerprint density at radius 1 is 0.422 bits per heavy atom. The lowest BCUT2D eigenvalue weighted by atomic mass is 10.0. The Bertz CT molecular complexity index is 3040. The van der Waals surface area contributed by atoms with Crippen molar-refractivity contribution in [3.63, 3.8) is 0 Å². The number of aliphatic hydroxyl groups excluding tert-OH is 2. The number of hydrogen-bond acceptors (Lipinski definition) is 18. The summed E-state index contributed by atoms with van der Waals surface area (Å²) in [6.07, 6.45) is -2.89. The molecule has 4 aromatic carbocycles. The van der Waals surface area contributed by atoms with Gasteiger partial charge in [0.1, 0.15) is 65.9 Å². The molecule has 0 bridgehead atoms. The van der Waals surface area contributed by atoms with E-state index in [9.17, 15) is 83.4 Å². The minimum Gasteiger partial charge on any atom is -0.508 e. The second-order valence-electron chi connectivity index (χ2n) is 21.3. The number of benzene rings is 4. The summed E-state index contributed by atoms with van der Waals surface area (Å²) in [5, 5.41) is 83.7. The van der Waals surface area contributed by atoms with E-state index in [4.69, 9.17) is 11.5 Å². The van der Waals surface area contributed by atoms with Crippen molar-refractivity contribution in [1.82, 2.24) is 47.9 Å². The molecule has 90 heavy (non-hydrogen) atoms. The summed E-state index contributed by atoms with van der Waals surface area (Å²) in [5.74, 6) is -12.2. The molecule has 4 aromatic rings. The fourth-order valence-corrected chi connectivity index (χ4v) is 9.57. The van der Waals surface area contributed by atoms with Gasteiger partial charge in [0.25, 0.3) is 0 Å². The molecular weight excluding hydrogens is 1190 g/mol. The Morgan fingerprint density at radius 3 is 1.14 bits per heavy atom. The number of phenolic OH excluding ortho intramolecular Hbond substituents is 2. The summed E-state index contributed by atoms with van der Waals surface area (Å²) in [6, 6.07) is 12.8. The number of aliphatic carboxylic acids is 2. The van der Waals surface area contributed by atoms with Crippen LogP contribution in [0.5, 0.6) is 11.5 Å². The molecule has 0 aliphatic carbocycles. The van der Waals surface area contributed by atoms with E-state index in [1.165, 1.54) is 60.3 Å². The van der Waals surface area contributed by atoms with Gasteiger partial charge < -0.3 is 90.0 Å². The number of hydrogen-bond donors (Lipinski definition) is 17. The maximum Gasteiger partial charge on any atom is 0.326 e. The fraction of sp³-hybridized carbons (Fsp3) is 0.426. The molecule has 29 heteroatoms. The molecule has 0 aliphatic rings. The highest BCUT2D eigenvalue weighted by molar-refractivity contribution is 7.98. The Hall–Kier alpha value is -9.16. The van der Waals surface area contributed by atoms with Gasteiger partial charge in [-0.2, -0.15) is 11.8 Å². The van der Waals surface area contributed by atoms with E-state index in [1.807, 2.05) is 0 Å². The van der Waals surface area contributed by atoms with Crippen LogP contribution in [0.2, 0.25) is 0 Å².